The van der Waals surface area contributed by atoms with Crippen LogP contribution in [0.1, 0.15) is 30.0 Å². The molecule has 0 aliphatic heterocycles. The zero-order chi connectivity index (χ0) is 33.4. The number of thioether (sulfide) groups is 1. The second-order valence-corrected chi connectivity index (χ2v) is 12.9. The van der Waals surface area contributed by atoms with Crippen LogP contribution >= 0.6 is 23.4 Å². The molecule has 4 aromatic carbocycles. The van der Waals surface area contributed by atoms with Gasteiger partial charge in [0.05, 0.1) is 16.9 Å². The van der Waals surface area contributed by atoms with E-state index in [9.17, 15) is 14.4 Å². The van der Waals surface area contributed by atoms with E-state index in [4.69, 9.17) is 20.8 Å². The number of methoxy groups -OCH3 is 1. The number of hydrogen-bond acceptors (Lipinski definition) is 6. The minimum Gasteiger partial charge on any atom is -0.495 e. The summed E-state index contributed by atoms with van der Waals surface area (Å²) in [5.74, 6) is 0.305. The number of hydrogen-bond donors (Lipinski definition) is 3. The van der Waals surface area contributed by atoms with Crippen molar-refractivity contribution in [3.8, 4) is 17.1 Å². The minimum absolute atomic E-state index is 0.00269. The number of carbonyl (C=O) groups is 3. The topological polar surface area (TPSA) is 110 Å². The molecular weight excluding hydrogens is 634 g/mol. The number of anilines is 2. The molecule has 0 aliphatic rings. The summed E-state index contributed by atoms with van der Waals surface area (Å²) in [5, 5.41) is 8.92. The number of amides is 3. The molecule has 47 heavy (non-hydrogen) atoms. The Morgan fingerprint density at radius 3 is 2.15 bits per heavy atom. The third-order valence-corrected chi connectivity index (χ3v) is 8.46. The summed E-state index contributed by atoms with van der Waals surface area (Å²) in [6.45, 7) is 3.64. The van der Waals surface area contributed by atoms with Crippen molar-refractivity contribution in [3.05, 3.63) is 137 Å². The zero-order valence-corrected chi connectivity index (χ0v) is 27.4. The Balaban J connectivity index is 1.29. The van der Waals surface area contributed by atoms with E-state index in [-0.39, 0.29) is 11.6 Å². The Morgan fingerprint density at radius 1 is 0.809 bits per heavy atom. The maximum Gasteiger partial charge on any atom is 0.272 e. The van der Waals surface area contributed by atoms with Gasteiger partial charge >= 0.3 is 0 Å². The van der Waals surface area contributed by atoms with Gasteiger partial charge in [-0.2, -0.15) is 0 Å². The monoisotopic (exact) mass is 665 g/mol. The van der Waals surface area contributed by atoms with Crippen LogP contribution in [-0.4, -0.2) is 29.6 Å². The Hall–Kier alpha value is -5.25. The summed E-state index contributed by atoms with van der Waals surface area (Å²) in [5.41, 5.74) is 2.35. The van der Waals surface area contributed by atoms with Crippen LogP contribution in [0.15, 0.2) is 130 Å². The molecule has 1 heterocycles. The van der Waals surface area contributed by atoms with Gasteiger partial charge in [0.2, 0.25) is 5.91 Å². The van der Waals surface area contributed by atoms with Gasteiger partial charge in [0.1, 0.15) is 23.0 Å². The van der Waals surface area contributed by atoms with Crippen LogP contribution in [0, 0.1) is 0 Å². The first-order valence-corrected chi connectivity index (χ1v) is 15.8. The molecule has 0 unspecified atom stereocenters. The molecule has 8 nitrogen and oxygen atoms in total. The lowest BCUT2D eigenvalue weighted by Gasteiger charge is -2.23. The molecule has 3 N–H and O–H groups in total. The number of nitrogens with one attached hydrogen (secondary N) is 3. The van der Waals surface area contributed by atoms with E-state index in [0.717, 1.165) is 10.5 Å². The average molecular weight is 666 g/mol. The van der Waals surface area contributed by atoms with Crippen molar-refractivity contribution >= 4 is 58.5 Å². The van der Waals surface area contributed by atoms with Crippen LogP contribution in [0.4, 0.5) is 11.4 Å². The maximum atomic E-state index is 13.5. The Bertz CT molecular complexity index is 1910. The van der Waals surface area contributed by atoms with E-state index >= 15 is 0 Å². The van der Waals surface area contributed by atoms with Crippen molar-refractivity contribution in [2.75, 3.05) is 17.7 Å². The number of halogens is 1. The van der Waals surface area contributed by atoms with E-state index in [1.807, 2.05) is 56.3 Å². The van der Waals surface area contributed by atoms with E-state index in [1.54, 1.807) is 72.8 Å². The molecule has 238 valence electrons. The van der Waals surface area contributed by atoms with Crippen LogP contribution in [0.25, 0.3) is 17.4 Å². The Labute approximate surface area is 282 Å². The lowest BCUT2D eigenvalue weighted by Crippen LogP contribution is -2.33. The van der Waals surface area contributed by atoms with Gasteiger partial charge in [0.25, 0.3) is 11.8 Å². The SMILES string of the molecule is COc1cc(NC(=O)C(C)(C)Sc2ccc(NC(=O)/C(=C\c3ccc(-c4ccccc4)o3)NC(=O)c3ccccc3)cc2)ccc1Cl. The molecule has 5 aromatic rings. The van der Waals surface area contributed by atoms with Crippen LogP contribution < -0.4 is 20.7 Å². The molecule has 0 atom stereocenters. The van der Waals surface area contributed by atoms with E-state index < -0.39 is 16.6 Å². The number of furan rings is 1. The molecule has 0 saturated carbocycles. The fraction of sp³-hybridized carbons (Fsp3) is 0.108. The third-order valence-electron chi connectivity index (χ3n) is 6.94. The van der Waals surface area contributed by atoms with Gasteiger partial charge in [0, 0.05) is 39.5 Å². The zero-order valence-electron chi connectivity index (χ0n) is 25.9. The molecule has 0 spiro atoms. The van der Waals surface area contributed by atoms with Crippen LogP contribution in [0.2, 0.25) is 5.02 Å². The van der Waals surface area contributed by atoms with Gasteiger partial charge in [0.15, 0.2) is 0 Å². The lowest BCUT2D eigenvalue weighted by molar-refractivity contribution is -0.117. The fourth-order valence-electron chi connectivity index (χ4n) is 4.44. The smallest absolute Gasteiger partial charge is 0.272 e. The predicted octanol–water partition coefficient (Wildman–Crippen LogP) is 8.53. The quantitative estimate of drug-likeness (QED) is 0.0964. The lowest BCUT2D eigenvalue weighted by atomic mass is 10.2. The van der Waals surface area contributed by atoms with Crippen LogP contribution in [0.3, 0.4) is 0 Å². The Morgan fingerprint density at radius 2 is 1.47 bits per heavy atom. The van der Waals surface area contributed by atoms with Crippen molar-refractivity contribution in [1.29, 1.82) is 0 Å². The van der Waals surface area contributed by atoms with Crippen molar-refractivity contribution in [2.45, 2.75) is 23.5 Å². The van der Waals surface area contributed by atoms with Crippen molar-refractivity contribution < 1.29 is 23.5 Å². The van der Waals surface area contributed by atoms with Gasteiger partial charge in [-0.05, 0) is 74.5 Å². The molecule has 3 amide bonds. The summed E-state index contributed by atoms with van der Waals surface area (Å²) in [4.78, 5) is 40.4. The summed E-state index contributed by atoms with van der Waals surface area (Å²) in [6, 6.07) is 33.9. The molecule has 1 aromatic heterocycles. The molecule has 10 heteroatoms. The number of benzene rings is 4. The van der Waals surface area contributed by atoms with Crippen LogP contribution in [-0.2, 0) is 9.59 Å². The molecule has 0 aliphatic carbocycles. The predicted molar refractivity (Wildman–Crippen MR) is 188 cm³/mol. The molecule has 0 bridgehead atoms. The highest BCUT2D eigenvalue weighted by Gasteiger charge is 2.29. The highest BCUT2D eigenvalue weighted by Crippen LogP contribution is 2.35. The fourth-order valence-corrected chi connectivity index (χ4v) is 5.64. The highest BCUT2D eigenvalue weighted by atomic mass is 35.5. The van der Waals surface area contributed by atoms with Gasteiger partial charge in [-0.25, -0.2) is 0 Å². The summed E-state index contributed by atoms with van der Waals surface area (Å²) in [7, 11) is 1.51. The minimum atomic E-state index is -0.836. The number of ether oxygens (including phenoxy) is 1. The second kappa shape index (κ2) is 14.9. The maximum absolute atomic E-state index is 13.5. The normalized spacial score (nSPS) is 11.4. The van der Waals surface area contributed by atoms with Gasteiger partial charge in [-0.3, -0.25) is 14.4 Å². The molecule has 0 radical (unpaired) electrons. The highest BCUT2D eigenvalue weighted by molar-refractivity contribution is 8.01. The molecular formula is C37H32ClN3O5S. The standard InChI is InChI=1S/C37H32ClN3O5S/c1-37(2,36(44)40-27-16-20-30(38)33(22-27)45-3)47-29-18-14-26(15-19-29)39-35(43)31(41-34(42)25-12-8-5-9-13-25)23-28-17-21-32(46-28)24-10-6-4-7-11-24/h4-23H,1-3H3,(H,39,43)(H,40,44)(H,41,42)/b31-23+. The van der Waals surface area contributed by atoms with Gasteiger partial charge < -0.3 is 25.1 Å². The second-order valence-electron chi connectivity index (χ2n) is 10.8. The first-order chi connectivity index (χ1) is 22.6. The van der Waals surface area contributed by atoms with E-state index in [2.05, 4.69) is 16.0 Å². The van der Waals surface area contributed by atoms with Gasteiger partial charge in [-0.15, -0.1) is 11.8 Å². The molecule has 0 saturated heterocycles. The summed E-state index contributed by atoms with van der Waals surface area (Å²) < 4.78 is 10.4. The third kappa shape index (κ3) is 8.72. The summed E-state index contributed by atoms with van der Waals surface area (Å²) in [6.07, 6.45) is 1.49. The molecule has 5 rings (SSSR count). The van der Waals surface area contributed by atoms with Crippen molar-refractivity contribution in [3.63, 3.8) is 0 Å². The average Bonchev–Trinajstić information content (AvgIpc) is 3.55. The van der Waals surface area contributed by atoms with Crippen LogP contribution in [0.5, 0.6) is 5.75 Å². The number of rotatable bonds is 11. The van der Waals surface area contributed by atoms with E-state index in [1.165, 1.54) is 24.9 Å². The van der Waals surface area contributed by atoms with Gasteiger partial charge in [-0.1, -0.05) is 60.1 Å². The Kier molecular flexibility index (Phi) is 10.5. The van der Waals surface area contributed by atoms with Crippen molar-refractivity contribution in [1.82, 2.24) is 5.32 Å². The number of carbonyl (C=O) groups excluding carboxylic acids is 3. The van der Waals surface area contributed by atoms with Crippen molar-refractivity contribution in [2.24, 2.45) is 0 Å². The largest absolute Gasteiger partial charge is 0.495 e. The summed E-state index contributed by atoms with van der Waals surface area (Å²) >= 11 is 7.47. The first-order valence-electron chi connectivity index (χ1n) is 14.6. The first kappa shape index (κ1) is 33.1. The van der Waals surface area contributed by atoms with E-state index in [0.29, 0.717) is 39.2 Å². The molecule has 0 fully saturated rings.